The fourth-order valence-corrected chi connectivity index (χ4v) is 3.32. The first kappa shape index (κ1) is 26.6. The van der Waals surface area contributed by atoms with Crippen LogP contribution in [0.1, 0.15) is 35.8 Å². The first-order valence-corrected chi connectivity index (χ1v) is 11.0. The van der Waals surface area contributed by atoms with E-state index < -0.39 is 17.6 Å². The van der Waals surface area contributed by atoms with Crippen molar-refractivity contribution in [3.8, 4) is 11.4 Å². The molecule has 3 heterocycles. The minimum absolute atomic E-state index is 0.137. The van der Waals surface area contributed by atoms with Gasteiger partial charge in [0.05, 0.1) is 23.6 Å². The van der Waals surface area contributed by atoms with Crippen LogP contribution in [-0.2, 0) is 11.0 Å². The highest BCUT2D eigenvalue weighted by atomic mass is 19.4. The Labute approximate surface area is 204 Å². The number of rotatable bonds is 6. The lowest BCUT2D eigenvalue weighted by atomic mass is 10.1. The summed E-state index contributed by atoms with van der Waals surface area (Å²) in [6, 6.07) is 5.78. The number of carbonyl (C=O) groups is 2. The summed E-state index contributed by atoms with van der Waals surface area (Å²) < 4.78 is 57.8. The number of nitrogens with zero attached hydrogens (tertiary/aromatic N) is 5. The lowest BCUT2D eigenvalue weighted by Crippen LogP contribution is -2.37. The summed E-state index contributed by atoms with van der Waals surface area (Å²) in [5.74, 6) is -1.35. The Morgan fingerprint density at radius 2 is 2.00 bits per heavy atom. The Kier molecular flexibility index (Phi) is 8.92. The number of amides is 2. The minimum Gasteiger partial charge on any atom is -0.490 e. The van der Waals surface area contributed by atoms with Crippen LogP contribution in [0.4, 0.5) is 17.6 Å². The second kappa shape index (κ2) is 12.1. The van der Waals surface area contributed by atoms with Crippen molar-refractivity contribution < 1.29 is 31.9 Å². The fraction of sp³-hybridized carbons (Fsp3) is 0.348. The van der Waals surface area contributed by atoms with Crippen LogP contribution in [0.15, 0.2) is 48.9 Å². The predicted molar refractivity (Wildman–Crippen MR) is 120 cm³/mol. The Balaban J connectivity index is 0.000000205. The van der Waals surface area contributed by atoms with Crippen LogP contribution in [0.3, 0.4) is 0 Å². The van der Waals surface area contributed by atoms with Crippen molar-refractivity contribution in [1.29, 1.82) is 0 Å². The van der Waals surface area contributed by atoms with Crippen LogP contribution in [0, 0.1) is 5.82 Å². The SMILES string of the molecule is CCNC(=O)c1cn(-c2cccnc2)nn1.O=CN1CCC(Oc2cc(F)cc(C(F)(F)F)c2)CC1. The number of ether oxygens (including phenoxy) is 1. The van der Waals surface area contributed by atoms with E-state index in [1.54, 1.807) is 29.6 Å². The summed E-state index contributed by atoms with van der Waals surface area (Å²) in [6.07, 6.45) is 1.71. The molecule has 1 aromatic carbocycles. The maximum Gasteiger partial charge on any atom is 0.416 e. The molecule has 0 radical (unpaired) electrons. The fourth-order valence-electron chi connectivity index (χ4n) is 3.32. The number of piperidine rings is 1. The van der Waals surface area contributed by atoms with Crippen LogP contribution in [0.5, 0.6) is 5.75 Å². The summed E-state index contributed by atoms with van der Waals surface area (Å²) >= 11 is 0. The number of halogens is 4. The van der Waals surface area contributed by atoms with Gasteiger partial charge in [-0.1, -0.05) is 5.21 Å². The third-order valence-corrected chi connectivity index (χ3v) is 5.10. The Bertz CT molecular complexity index is 1150. The van der Waals surface area contributed by atoms with E-state index in [0.29, 0.717) is 44.2 Å². The maximum absolute atomic E-state index is 13.2. The number of nitrogens with one attached hydrogen (secondary N) is 1. The molecular formula is C23H24F4N6O3. The zero-order valence-corrected chi connectivity index (χ0v) is 19.3. The standard InChI is InChI=1S/C13H13F4NO2.C10H11N5O/c14-10-5-9(13(15,16)17)6-12(7-10)20-11-1-3-18(8-19)4-2-11;1-2-12-10(16)9-7-15(14-13-9)8-4-3-5-11-6-8/h5-8,11H,1-4H2;3-7H,2H2,1H3,(H,12,16). The van der Waals surface area contributed by atoms with E-state index in [0.717, 1.165) is 24.2 Å². The molecule has 0 unspecified atom stereocenters. The lowest BCUT2D eigenvalue weighted by Gasteiger charge is -2.29. The van der Waals surface area contributed by atoms with Crippen molar-refractivity contribution in [2.24, 2.45) is 0 Å². The molecule has 1 fully saturated rings. The number of carbonyl (C=O) groups excluding carboxylic acids is 2. The molecule has 3 aromatic rings. The molecule has 192 valence electrons. The molecule has 0 aliphatic carbocycles. The van der Waals surface area contributed by atoms with Crippen molar-refractivity contribution in [3.05, 3.63) is 66.0 Å². The van der Waals surface area contributed by atoms with Crippen molar-refractivity contribution in [3.63, 3.8) is 0 Å². The van der Waals surface area contributed by atoms with Gasteiger partial charge < -0.3 is 15.0 Å². The van der Waals surface area contributed by atoms with E-state index in [2.05, 4.69) is 20.6 Å². The monoisotopic (exact) mass is 508 g/mol. The Hall–Kier alpha value is -4.03. The third kappa shape index (κ3) is 7.48. The molecule has 2 amide bonds. The first-order chi connectivity index (χ1) is 17.2. The van der Waals surface area contributed by atoms with Gasteiger partial charge in [-0.2, -0.15) is 13.2 Å². The number of aromatic nitrogens is 4. The molecule has 1 aliphatic heterocycles. The topological polar surface area (TPSA) is 102 Å². The normalized spacial score (nSPS) is 14.0. The molecular weight excluding hydrogens is 484 g/mol. The molecule has 0 saturated carbocycles. The molecule has 4 rings (SSSR count). The number of hydrogen-bond acceptors (Lipinski definition) is 6. The molecule has 1 saturated heterocycles. The number of alkyl halides is 3. The van der Waals surface area contributed by atoms with Crippen molar-refractivity contribution in [2.75, 3.05) is 19.6 Å². The van der Waals surface area contributed by atoms with Crippen LogP contribution in [-0.4, -0.2) is 62.9 Å². The van der Waals surface area contributed by atoms with E-state index in [-0.39, 0.29) is 17.8 Å². The summed E-state index contributed by atoms with van der Waals surface area (Å²) in [6.45, 7) is 3.38. The highest BCUT2D eigenvalue weighted by Gasteiger charge is 2.32. The molecule has 1 aliphatic rings. The zero-order chi connectivity index (χ0) is 26.1. The first-order valence-electron chi connectivity index (χ1n) is 11.0. The van der Waals surface area contributed by atoms with Crippen LogP contribution in [0.2, 0.25) is 0 Å². The second-order valence-corrected chi connectivity index (χ2v) is 7.75. The summed E-state index contributed by atoms with van der Waals surface area (Å²) in [7, 11) is 0. The van der Waals surface area contributed by atoms with Gasteiger partial charge in [0.2, 0.25) is 6.41 Å². The van der Waals surface area contributed by atoms with Gasteiger partial charge in [-0.3, -0.25) is 14.6 Å². The Morgan fingerprint density at radius 3 is 2.61 bits per heavy atom. The molecule has 0 spiro atoms. The average molecular weight is 508 g/mol. The van der Waals surface area contributed by atoms with Gasteiger partial charge in [0.25, 0.3) is 5.91 Å². The third-order valence-electron chi connectivity index (χ3n) is 5.10. The van der Waals surface area contributed by atoms with E-state index in [4.69, 9.17) is 4.74 Å². The summed E-state index contributed by atoms with van der Waals surface area (Å²) in [5, 5.41) is 10.3. The van der Waals surface area contributed by atoms with Gasteiger partial charge in [-0.25, -0.2) is 9.07 Å². The summed E-state index contributed by atoms with van der Waals surface area (Å²) in [5.41, 5.74) is -0.00548. The van der Waals surface area contributed by atoms with E-state index in [1.165, 1.54) is 4.68 Å². The zero-order valence-electron chi connectivity index (χ0n) is 19.3. The molecule has 1 N–H and O–H groups in total. The average Bonchev–Trinajstić information content (AvgIpc) is 3.35. The van der Waals surface area contributed by atoms with Crippen LogP contribution in [0.25, 0.3) is 5.69 Å². The Morgan fingerprint density at radius 1 is 1.25 bits per heavy atom. The largest absolute Gasteiger partial charge is 0.490 e. The van der Waals surface area contributed by atoms with E-state index in [1.807, 2.05) is 13.0 Å². The molecule has 0 atom stereocenters. The quantitative estimate of drug-likeness (QED) is 0.405. The van der Waals surface area contributed by atoms with Crippen molar-refractivity contribution in [2.45, 2.75) is 32.0 Å². The van der Waals surface area contributed by atoms with E-state index in [9.17, 15) is 27.2 Å². The highest BCUT2D eigenvalue weighted by Crippen LogP contribution is 2.33. The number of hydrogen-bond donors (Lipinski definition) is 1. The second-order valence-electron chi connectivity index (χ2n) is 7.75. The maximum atomic E-state index is 13.2. The predicted octanol–water partition coefficient (Wildman–Crippen LogP) is 3.26. The number of likely N-dealkylation sites (tertiary alicyclic amines) is 1. The molecule has 36 heavy (non-hydrogen) atoms. The minimum atomic E-state index is -4.61. The molecule has 13 heteroatoms. The van der Waals surface area contributed by atoms with Crippen molar-refractivity contribution >= 4 is 12.3 Å². The molecule has 9 nitrogen and oxygen atoms in total. The number of pyridine rings is 1. The van der Waals surface area contributed by atoms with E-state index >= 15 is 0 Å². The molecule has 0 bridgehead atoms. The number of benzene rings is 1. The van der Waals surface area contributed by atoms with Crippen LogP contribution < -0.4 is 10.1 Å². The van der Waals surface area contributed by atoms with Gasteiger partial charge in [-0.05, 0) is 31.2 Å². The molecule has 2 aromatic heterocycles. The lowest BCUT2D eigenvalue weighted by molar-refractivity contribution is -0.138. The van der Waals surface area contributed by atoms with Crippen LogP contribution >= 0.6 is 0 Å². The van der Waals surface area contributed by atoms with Gasteiger partial charge in [0.15, 0.2) is 5.69 Å². The van der Waals surface area contributed by atoms with Gasteiger partial charge >= 0.3 is 6.18 Å². The highest BCUT2D eigenvalue weighted by molar-refractivity contribution is 5.91. The van der Waals surface area contributed by atoms with Gasteiger partial charge in [0.1, 0.15) is 17.7 Å². The van der Waals surface area contributed by atoms with Gasteiger partial charge in [-0.15, -0.1) is 5.10 Å². The van der Waals surface area contributed by atoms with Gasteiger partial charge in [0, 0.05) is 44.7 Å². The summed E-state index contributed by atoms with van der Waals surface area (Å²) in [4.78, 5) is 27.5. The van der Waals surface area contributed by atoms with Crippen molar-refractivity contribution in [1.82, 2.24) is 30.2 Å². The smallest absolute Gasteiger partial charge is 0.416 e.